The number of aryl methyl sites for hydroxylation is 1. The molecule has 0 aromatic heterocycles. The first-order chi connectivity index (χ1) is 15.5. The van der Waals surface area contributed by atoms with E-state index in [0.29, 0.717) is 13.2 Å². The summed E-state index contributed by atoms with van der Waals surface area (Å²) in [6.45, 7) is 8.60. The van der Waals surface area contributed by atoms with Gasteiger partial charge in [-0.25, -0.2) is 0 Å². The number of hydrogen-bond donors (Lipinski definition) is 1. The van der Waals surface area contributed by atoms with E-state index in [1.54, 1.807) is 6.92 Å². The Morgan fingerprint density at radius 1 is 0.969 bits per heavy atom. The zero-order chi connectivity index (χ0) is 23.2. The first-order valence-electron chi connectivity index (χ1n) is 11.4. The van der Waals surface area contributed by atoms with E-state index in [0.717, 1.165) is 29.1 Å². The number of esters is 1. The third kappa shape index (κ3) is 9.56. The number of aliphatic hydroxyl groups is 1. The number of hydrogen-bond acceptors (Lipinski definition) is 5. The second kappa shape index (κ2) is 14.3. The zero-order valence-electron chi connectivity index (χ0n) is 19.3. The van der Waals surface area contributed by atoms with Gasteiger partial charge >= 0.3 is 5.97 Å². The van der Waals surface area contributed by atoms with Gasteiger partial charge < -0.3 is 19.3 Å². The highest BCUT2D eigenvalue weighted by atomic mass is 16.5. The van der Waals surface area contributed by atoms with Crippen molar-refractivity contribution in [2.45, 2.75) is 51.9 Å². The molecule has 0 heterocycles. The van der Waals surface area contributed by atoms with Gasteiger partial charge in [0, 0.05) is 5.92 Å². The van der Waals surface area contributed by atoms with Gasteiger partial charge in [0.1, 0.15) is 31.3 Å². The van der Waals surface area contributed by atoms with Crippen molar-refractivity contribution in [3.8, 4) is 11.5 Å². The van der Waals surface area contributed by atoms with E-state index < -0.39 is 0 Å². The molecule has 0 bridgehead atoms. The number of rotatable bonds is 15. The lowest BCUT2D eigenvalue weighted by atomic mass is 10.0. The van der Waals surface area contributed by atoms with E-state index in [1.807, 2.05) is 36.4 Å². The highest BCUT2D eigenvalue weighted by Gasteiger charge is 2.14. The molecule has 2 aromatic rings. The van der Waals surface area contributed by atoms with Crippen LogP contribution < -0.4 is 9.47 Å². The van der Waals surface area contributed by atoms with Crippen molar-refractivity contribution >= 4 is 5.97 Å². The van der Waals surface area contributed by atoms with E-state index in [9.17, 15) is 9.90 Å². The van der Waals surface area contributed by atoms with Gasteiger partial charge in [-0.1, -0.05) is 56.2 Å². The van der Waals surface area contributed by atoms with Crippen LogP contribution in [0.15, 0.2) is 60.7 Å². The summed E-state index contributed by atoms with van der Waals surface area (Å²) in [5.74, 6) is 0.961. The van der Waals surface area contributed by atoms with E-state index >= 15 is 0 Å². The molecule has 1 N–H and O–H groups in total. The van der Waals surface area contributed by atoms with Crippen molar-refractivity contribution in [1.29, 1.82) is 0 Å². The molecule has 5 heteroatoms. The number of aliphatic hydroxyl groups excluding tert-OH is 1. The van der Waals surface area contributed by atoms with E-state index in [2.05, 4.69) is 25.6 Å². The maximum atomic E-state index is 11.7. The average Bonchev–Trinajstić information content (AvgIpc) is 2.78. The van der Waals surface area contributed by atoms with Crippen LogP contribution >= 0.6 is 0 Å². The summed E-state index contributed by atoms with van der Waals surface area (Å²) in [6, 6.07) is 15.7. The van der Waals surface area contributed by atoms with E-state index in [-0.39, 0.29) is 31.5 Å². The van der Waals surface area contributed by atoms with Crippen LogP contribution in [0.25, 0.3) is 0 Å². The molecule has 0 aliphatic heterocycles. The molecule has 0 amide bonds. The molecule has 0 spiro atoms. The predicted molar refractivity (Wildman–Crippen MR) is 127 cm³/mol. The number of carbonyl (C=O) groups is 1. The molecule has 0 fully saturated rings. The third-order valence-electron chi connectivity index (χ3n) is 5.08. The molecule has 0 saturated carbocycles. The Balaban J connectivity index is 1.71. The minimum absolute atomic E-state index is 0.105. The summed E-state index contributed by atoms with van der Waals surface area (Å²) in [7, 11) is 0. The van der Waals surface area contributed by atoms with Crippen LogP contribution in [0.4, 0.5) is 0 Å². The summed E-state index contributed by atoms with van der Waals surface area (Å²) in [5.41, 5.74) is 2.98. The minimum Gasteiger partial charge on any atom is -0.490 e. The Morgan fingerprint density at radius 2 is 1.56 bits per heavy atom. The molecule has 0 radical (unpaired) electrons. The Kier molecular flexibility index (Phi) is 11.4. The molecule has 174 valence electrons. The second-order valence-electron chi connectivity index (χ2n) is 8.06. The molecule has 0 saturated heterocycles. The van der Waals surface area contributed by atoms with Crippen molar-refractivity contribution in [1.82, 2.24) is 0 Å². The van der Waals surface area contributed by atoms with Gasteiger partial charge in [-0.15, -0.1) is 0 Å². The van der Waals surface area contributed by atoms with Gasteiger partial charge in [-0.3, -0.25) is 4.79 Å². The summed E-state index contributed by atoms with van der Waals surface area (Å²) in [4.78, 5) is 11.7. The quantitative estimate of drug-likeness (QED) is 0.226. The maximum Gasteiger partial charge on any atom is 0.309 e. The van der Waals surface area contributed by atoms with Gasteiger partial charge in [-0.2, -0.15) is 0 Å². The van der Waals surface area contributed by atoms with Gasteiger partial charge in [0.2, 0.25) is 0 Å². The van der Waals surface area contributed by atoms with Crippen molar-refractivity contribution in [3.63, 3.8) is 0 Å². The lowest BCUT2D eigenvalue weighted by Crippen LogP contribution is -2.16. The summed E-state index contributed by atoms with van der Waals surface area (Å²) >= 11 is 0. The topological polar surface area (TPSA) is 65.0 Å². The molecular formula is C27H36O5. The number of unbranched alkanes of at least 4 members (excludes halogenated alkanes) is 2. The molecule has 1 unspecified atom stereocenters. The normalized spacial score (nSPS) is 11.6. The molecule has 5 nitrogen and oxygen atoms in total. The van der Waals surface area contributed by atoms with Gasteiger partial charge in [0.05, 0.1) is 13.0 Å². The van der Waals surface area contributed by atoms with Crippen LogP contribution in [0.5, 0.6) is 11.5 Å². The lowest BCUT2D eigenvalue weighted by molar-refractivity contribution is -0.143. The largest absolute Gasteiger partial charge is 0.490 e. The first-order valence-corrected chi connectivity index (χ1v) is 11.4. The molecule has 1 atom stereocenters. The van der Waals surface area contributed by atoms with Crippen molar-refractivity contribution < 1.29 is 24.1 Å². The minimum atomic E-state index is -0.331. The fraction of sp³-hybridized carbons (Fsp3) is 0.444. The monoisotopic (exact) mass is 440 g/mol. The summed E-state index contributed by atoms with van der Waals surface area (Å²) in [5, 5.41) is 9.64. The zero-order valence-corrected chi connectivity index (χ0v) is 19.3. The maximum absolute atomic E-state index is 11.7. The number of benzene rings is 2. The number of ether oxygens (including phenoxy) is 3. The number of carbonyl (C=O) groups excluding carboxylic acids is 1. The molecule has 0 aliphatic rings. The fourth-order valence-electron chi connectivity index (χ4n) is 3.23. The standard InChI is InChI=1S/C27H36O5/c1-4-5-6-7-22-8-12-25(13-9-22)30-16-17-31-26-14-10-23(11-15-26)24(19-28)20-32-27(29)18-21(2)3/h8-15,24,28H,2,4-7,16-20H2,1,3H3. The van der Waals surface area contributed by atoms with Crippen molar-refractivity contribution in [3.05, 3.63) is 71.8 Å². The van der Waals surface area contributed by atoms with E-state index in [4.69, 9.17) is 14.2 Å². The van der Waals surface area contributed by atoms with Crippen LogP contribution in [0.2, 0.25) is 0 Å². The SMILES string of the molecule is C=C(C)CC(=O)OCC(CO)c1ccc(OCCOc2ccc(CCCCC)cc2)cc1. The Labute approximate surface area is 192 Å². The second-order valence-corrected chi connectivity index (χ2v) is 8.06. The Morgan fingerprint density at radius 3 is 2.09 bits per heavy atom. The van der Waals surface area contributed by atoms with Crippen LogP contribution in [0, 0.1) is 0 Å². The van der Waals surface area contributed by atoms with Crippen LogP contribution in [-0.4, -0.2) is 37.5 Å². The smallest absolute Gasteiger partial charge is 0.309 e. The van der Waals surface area contributed by atoms with Crippen LogP contribution in [-0.2, 0) is 16.0 Å². The predicted octanol–water partition coefficient (Wildman–Crippen LogP) is 5.46. The molecule has 2 aromatic carbocycles. The summed E-state index contributed by atoms with van der Waals surface area (Å²) < 4.78 is 16.7. The van der Waals surface area contributed by atoms with Gasteiger partial charge in [0.15, 0.2) is 0 Å². The lowest BCUT2D eigenvalue weighted by Gasteiger charge is -2.16. The van der Waals surface area contributed by atoms with Crippen molar-refractivity contribution in [2.24, 2.45) is 0 Å². The average molecular weight is 441 g/mol. The third-order valence-corrected chi connectivity index (χ3v) is 5.08. The van der Waals surface area contributed by atoms with Gasteiger partial charge in [0.25, 0.3) is 0 Å². The molecule has 0 aliphatic carbocycles. The Hall–Kier alpha value is -2.79. The molecule has 2 rings (SSSR count). The van der Waals surface area contributed by atoms with E-state index in [1.165, 1.54) is 24.8 Å². The fourth-order valence-corrected chi connectivity index (χ4v) is 3.23. The highest BCUT2D eigenvalue weighted by Crippen LogP contribution is 2.20. The highest BCUT2D eigenvalue weighted by molar-refractivity contribution is 5.72. The van der Waals surface area contributed by atoms with Gasteiger partial charge in [-0.05, 0) is 55.2 Å². The molecule has 32 heavy (non-hydrogen) atoms. The van der Waals surface area contributed by atoms with Crippen LogP contribution in [0.1, 0.15) is 56.6 Å². The first kappa shape index (κ1) is 25.5. The van der Waals surface area contributed by atoms with Crippen molar-refractivity contribution in [2.75, 3.05) is 26.4 Å². The molecular weight excluding hydrogens is 404 g/mol. The Bertz CT molecular complexity index is 811. The summed E-state index contributed by atoms with van der Waals surface area (Å²) in [6.07, 6.45) is 5.03. The van der Waals surface area contributed by atoms with Crippen LogP contribution in [0.3, 0.4) is 0 Å².